The molecule has 0 rings (SSSR count). The Bertz CT molecular complexity index is 23.5. The molecule has 0 aliphatic carbocycles. The Hall–Kier alpha value is 2.72. The zero-order valence-corrected chi connectivity index (χ0v) is 10.7. The summed E-state index contributed by atoms with van der Waals surface area (Å²) in [5.41, 5.74) is 0. The van der Waals surface area contributed by atoms with Gasteiger partial charge in [-0.1, -0.05) is 0 Å². The predicted molar refractivity (Wildman–Crippen MR) is 17.9 cm³/mol. The fraction of sp³-hybridized carbons (Fsp3) is 0. The summed E-state index contributed by atoms with van der Waals surface area (Å²) in [6.45, 7) is 0. The van der Waals surface area contributed by atoms with Gasteiger partial charge in [0.25, 0.3) is 0 Å². The van der Waals surface area contributed by atoms with Crippen molar-refractivity contribution >= 4 is 20.2 Å². The average molecular weight is 416 g/mol. The van der Waals surface area contributed by atoms with Gasteiger partial charge in [0, 0.05) is 21.1 Å². The predicted octanol–water partition coefficient (Wildman–Crippen LogP) is 0.781. The third-order valence-electron chi connectivity index (χ3n) is 0. The molecule has 0 saturated carbocycles. The summed E-state index contributed by atoms with van der Waals surface area (Å²) in [6.07, 6.45) is 0. The van der Waals surface area contributed by atoms with Crippen LogP contribution in [0.5, 0.6) is 0 Å². The zero-order valence-electron chi connectivity index (χ0n) is 3.09. The minimum absolute atomic E-state index is 0. The second-order valence-corrected chi connectivity index (χ2v) is 3.97. The van der Waals surface area contributed by atoms with Crippen molar-refractivity contribution in [3.05, 3.63) is 0 Å². The van der Waals surface area contributed by atoms with Crippen LogP contribution in [-0.2, 0) is 79.2 Å². The molecule has 59 valence electrons. The van der Waals surface area contributed by atoms with Crippen molar-refractivity contribution in [1.29, 1.82) is 0 Å². The Morgan fingerprint density at radius 2 is 1.25 bits per heavy atom. The normalized spacial score (nSPS) is 3.62. The summed E-state index contributed by atoms with van der Waals surface area (Å²) in [5.74, 6) is 0. The summed E-state index contributed by atoms with van der Waals surface area (Å²) in [5, 5.41) is 0. The molecule has 2 nitrogen and oxygen atoms in total. The Morgan fingerprint density at radius 1 is 1.25 bits per heavy atom. The summed E-state index contributed by atoms with van der Waals surface area (Å²) < 4.78 is 15.6. The van der Waals surface area contributed by atoms with Crippen molar-refractivity contribution in [2.24, 2.45) is 0 Å². The van der Waals surface area contributed by atoms with Gasteiger partial charge in [-0.3, -0.25) is 0 Å². The number of hydrogen-bond acceptors (Lipinski definition) is 4. The van der Waals surface area contributed by atoms with Crippen LogP contribution < -0.4 is 0 Å². The van der Waals surface area contributed by atoms with Crippen LogP contribution in [0.1, 0.15) is 0 Å². The van der Waals surface area contributed by atoms with Crippen LogP contribution in [0.25, 0.3) is 0 Å². The summed E-state index contributed by atoms with van der Waals surface area (Å²) in [6, 6.07) is 0. The van der Waals surface area contributed by atoms with Gasteiger partial charge in [-0.2, -0.15) is 0 Å². The van der Waals surface area contributed by atoms with Crippen molar-refractivity contribution in [1.82, 2.24) is 0 Å². The van der Waals surface area contributed by atoms with Gasteiger partial charge >= 0.3 is 78.3 Å². The van der Waals surface area contributed by atoms with E-state index in [1.54, 1.807) is 0 Å². The molecule has 0 aliphatic rings. The maximum absolute atomic E-state index is 7.81. The maximum atomic E-state index is 7.81. The van der Waals surface area contributed by atoms with Gasteiger partial charge in [0.1, 0.15) is 0 Å². The molecule has 0 aromatic carbocycles. The van der Waals surface area contributed by atoms with Gasteiger partial charge in [-0.25, -0.2) is 0 Å². The molecular weight excluding hydrogens is 415 g/mol. The molecule has 0 spiro atoms. The Labute approximate surface area is 97.8 Å². The molecular formula is HCu2Mo2O2S2. The van der Waals surface area contributed by atoms with Crippen molar-refractivity contribution < 1.29 is 79.2 Å². The molecule has 0 unspecified atom stereocenters. The van der Waals surface area contributed by atoms with Gasteiger partial charge in [-0.15, -0.1) is 0 Å². The Kier molecular flexibility index (Phi) is 150. The first-order valence-electron chi connectivity index (χ1n) is 0.595. The summed E-state index contributed by atoms with van der Waals surface area (Å²) in [7, 11) is 1.45. The monoisotopic (exact) mass is 419 g/mol. The van der Waals surface area contributed by atoms with Crippen LogP contribution in [0.2, 0.25) is 0 Å². The zero-order chi connectivity index (χ0) is 6.71. The Morgan fingerprint density at radius 3 is 1.25 bits per heavy atom. The number of thiol groups is 1. The molecule has 0 amide bonds. The average Bonchev–Trinajstić information content (AvgIpc) is 1.78. The number of rotatable bonds is 0. The standard InChI is InChI=1S/2Cu.2Mo.2O.H2S2/c;;;;;;1-2/h;;;;;;1-2H/q;;;+1;;;/p-1. The molecule has 0 radical (unpaired) electrons. The van der Waals surface area contributed by atoms with Gasteiger partial charge in [-0.05, 0) is 0 Å². The quantitative estimate of drug-likeness (QED) is 0.360. The van der Waals surface area contributed by atoms with Crippen molar-refractivity contribution in [3.8, 4) is 0 Å². The van der Waals surface area contributed by atoms with Crippen LogP contribution in [0.15, 0.2) is 0 Å². The van der Waals surface area contributed by atoms with Crippen LogP contribution in [-0.4, -0.2) is 0 Å². The molecule has 8 heteroatoms. The van der Waals surface area contributed by atoms with Crippen molar-refractivity contribution in [2.75, 3.05) is 0 Å². The van der Waals surface area contributed by atoms with Crippen LogP contribution in [0.3, 0.4) is 0 Å². The molecule has 0 N–H and O–H groups in total. The van der Waals surface area contributed by atoms with E-state index in [0.717, 1.165) is 0 Å². The fourth-order valence-electron chi connectivity index (χ4n) is 0. The van der Waals surface area contributed by atoms with Crippen molar-refractivity contribution in [2.45, 2.75) is 0 Å². The van der Waals surface area contributed by atoms with E-state index in [0.29, 0.717) is 0 Å². The molecule has 0 heterocycles. The van der Waals surface area contributed by atoms with Gasteiger partial charge in [0.2, 0.25) is 0 Å². The second-order valence-electron chi connectivity index (χ2n) is 0.0745. The summed E-state index contributed by atoms with van der Waals surface area (Å²) in [4.78, 5) is 0. The van der Waals surface area contributed by atoms with E-state index in [1.807, 2.05) is 18.5 Å². The van der Waals surface area contributed by atoms with E-state index in [2.05, 4.69) is 43.6 Å². The van der Waals surface area contributed by atoms with Crippen LogP contribution in [0.4, 0.5) is 0 Å². The second kappa shape index (κ2) is 53.5. The van der Waals surface area contributed by atoms with Gasteiger partial charge in [0.05, 0.1) is 0 Å². The third-order valence-corrected chi connectivity index (χ3v) is 0. The molecule has 0 aromatic heterocycles. The molecule has 0 fully saturated rings. The van der Waals surface area contributed by atoms with E-state index in [4.69, 9.17) is 7.67 Å². The van der Waals surface area contributed by atoms with Crippen LogP contribution in [0, 0.1) is 0 Å². The van der Waals surface area contributed by atoms with E-state index in [9.17, 15) is 0 Å². The molecule has 0 atom stereocenters. The fourth-order valence-corrected chi connectivity index (χ4v) is 0. The first kappa shape index (κ1) is 22.4. The summed E-state index contributed by atoms with van der Waals surface area (Å²) >= 11 is 11.4. The van der Waals surface area contributed by atoms with E-state index in [-0.39, 0.29) is 21.1 Å². The molecule has 0 bridgehead atoms. The minimum atomic E-state index is 0. The third kappa shape index (κ3) is 70.4. The van der Waals surface area contributed by atoms with E-state index in [1.165, 1.54) is 8.50 Å². The van der Waals surface area contributed by atoms with Gasteiger partial charge in [0.15, 0.2) is 0 Å². The van der Waals surface area contributed by atoms with E-state index >= 15 is 0 Å². The molecule has 8 heavy (non-hydrogen) atoms. The number of hydrogen-bond donors (Lipinski definition) is 1. The molecule has 0 aromatic rings. The Balaban J connectivity index is -0.0000000147. The first-order chi connectivity index (χ1) is 3.41. The van der Waals surface area contributed by atoms with Gasteiger partial charge < -0.3 is 0 Å². The SMILES string of the molecule is S[S][Mo].[Mo].[O]=[Cu].[O]=[Cu]. The topological polar surface area (TPSA) is 34.1 Å². The molecule has 0 saturated heterocycles. The van der Waals surface area contributed by atoms with E-state index < -0.39 is 0 Å². The molecule has 0 aliphatic heterocycles. The first-order valence-corrected chi connectivity index (χ1v) is 5.62. The van der Waals surface area contributed by atoms with Crippen LogP contribution >= 0.6 is 20.2 Å². The van der Waals surface area contributed by atoms with Crippen molar-refractivity contribution in [3.63, 3.8) is 0 Å².